The molecule has 1 aliphatic rings. The Morgan fingerprint density at radius 2 is 1.78 bits per heavy atom. The maximum absolute atomic E-state index is 13.2. The van der Waals surface area contributed by atoms with Crippen LogP contribution < -0.4 is 0 Å². The lowest BCUT2D eigenvalue weighted by Crippen LogP contribution is -2.44. The monoisotopic (exact) mass is 376 g/mol. The Morgan fingerprint density at radius 1 is 1.19 bits per heavy atom. The molecule has 0 radical (unpaired) electrons. The molecule has 0 unspecified atom stereocenters. The number of carbonyl (C=O) groups excluding carboxylic acids is 3. The van der Waals surface area contributed by atoms with Gasteiger partial charge >= 0.3 is 5.97 Å². The van der Waals surface area contributed by atoms with Crippen molar-refractivity contribution in [3.63, 3.8) is 0 Å². The summed E-state index contributed by atoms with van der Waals surface area (Å²) < 4.78 is 6.83. The van der Waals surface area contributed by atoms with Crippen LogP contribution in [0.3, 0.4) is 0 Å². The van der Waals surface area contributed by atoms with E-state index in [4.69, 9.17) is 4.74 Å². The van der Waals surface area contributed by atoms with Crippen LogP contribution in [-0.4, -0.2) is 46.8 Å². The summed E-state index contributed by atoms with van der Waals surface area (Å²) in [5.74, 6) is -0.499. The van der Waals surface area contributed by atoms with Gasteiger partial charge in [-0.3, -0.25) is 9.59 Å². The van der Waals surface area contributed by atoms with Gasteiger partial charge in [0.05, 0.1) is 12.6 Å². The number of carbonyl (C=O) groups is 3. The first-order valence-corrected chi connectivity index (χ1v) is 9.86. The Bertz CT molecular complexity index is 729. The summed E-state index contributed by atoms with van der Waals surface area (Å²) in [7, 11) is 3.46. The molecule has 1 heterocycles. The van der Waals surface area contributed by atoms with E-state index in [9.17, 15) is 14.4 Å². The molecule has 0 N–H and O–H groups in total. The first-order chi connectivity index (χ1) is 12.7. The average molecular weight is 376 g/mol. The molecule has 1 fully saturated rings. The summed E-state index contributed by atoms with van der Waals surface area (Å²) in [4.78, 5) is 39.9. The number of amides is 1. The molecule has 6 nitrogen and oxygen atoms in total. The highest BCUT2D eigenvalue weighted by Gasteiger charge is 2.33. The predicted octanol–water partition coefficient (Wildman–Crippen LogP) is 3.43. The fourth-order valence-corrected chi connectivity index (χ4v) is 4.04. The molecule has 0 spiro atoms. The van der Waals surface area contributed by atoms with Crippen LogP contribution in [0, 0.1) is 19.8 Å². The quantitative estimate of drug-likeness (QED) is 0.563. The van der Waals surface area contributed by atoms with Crippen molar-refractivity contribution >= 4 is 17.7 Å². The van der Waals surface area contributed by atoms with Crippen LogP contribution in [0.5, 0.6) is 0 Å². The third-order valence-electron chi connectivity index (χ3n) is 5.91. The maximum atomic E-state index is 13.2. The van der Waals surface area contributed by atoms with Gasteiger partial charge in [-0.1, -0.05) is 19.3 Å². The first kappa shape index (κ1) is 21.2. The van der Waals surface area contributed by atoms with Gasteiger partial charge in [-0.05, 0) is 46.1 Å². The van der Waals surface area contributed by atoms with Crippen molar-refractivity contribution in [3.05, 3.63) is 22.5 Å². The van der Waals surface area contributed by atoms with Crippen LogP contribution in [0.15, 0.2) is 0 Å². The molecule has 1 atom stereocenters. The molecule has 0 saturated heterocycles. The third-order valence-corrected chi connectivity index (χ3v) is 5.91. The standard InChI is InChI=1S/C21H32N2O4/c1-7-27-21(26)18-13(2)17(14(3)22(18)5)19(24)15(4)23(6)20(25)16-11-9-8-10-12-16/h15-16H,7-12H2,1-6H3/t15-/m1/s1. The van der Waals surface area contributed by atoms with Gasteiger partial charge in [0.15, 0.2) is 5.78 Å². The number of hydrogen-bond acceptors (Lipinski definition) is 4. The highest BCUT2D eigenvalue weighted by Crippen LogP contribution is 2.28. The van der Waals surface area contributed by atoms with E-state index in [-0.39, 0.29) is 24.2 Å². The molecular formula is C21H32N2O4. The molecule has 0 aliphatic heterocycles. The number of nitrogens with zero attached hydrogens (tertiary/aromatic N) is 2. The molecule has 0 aromatic carbocycles. The lowest BCUT2D eigenvalue weighted by molar-refractivity contribution is -0.136. The summed E-state index contributed by atoms with van der Waals surface area (Å²) in [6, 6.07) is -0.575. The van der Waals surface area contributed by atoms with E-state index in [1.165, 1.54) is 6.42 Å². The fourth-order valence-electron chi connectivity index (χ4n) is 4.04. The number of ether oxygens (including phenoxy) is 1. The molecule has 150 valence electrons. The van der Waals surface area contributed by atoms with Gasteiger partial charge in [-0.15, -0.1) is 0 Å². The molecule has 1 aromatic rings. The topological polar surface area (TPSA) is 68.6 Å². The number of likely N-dealkylation sites (N-methyl/N-ethyl adjacent to an activating group) is 1. The van der Waals surface area contributed by atoms with Crippen LogP contribution in [0.25, 0.3) is 0 Å². The molecule has 27 heavy (non-hydrogen) atoms. The van der Waals surface area contributed by atoms with Crippen molar-refractivity contribution in [2.45, 2.75) is 65.8 Å². The summed E-state index contributed by atoms with van der Waals surface area (Å²) in [6.45, 7) is 7.38. The number of rotatable bonds is 6. The third kappa shape index (κ3) is 4.09. The normalized spacial score (nSPS) is 16.1. The second kappa shape index (κ2) is 8.72. The lowest BCUT2D eigenvalue weighted by atomic mass is 9.87. The fraction of sp³-hybridized carbons (Fsp3) is 0.667. The SMILES string of the molecule is CCOC(=O)c1c(C)c(C(=O)[C@@H](C)N(C)C(=O)C2CCCCC2)c(C)n1C. The van der Waals surface area contributed by atoms with Crippen molar-refractivity contribution in [2.75, 3.05) is 13.7 Å². The first-order valence-electron chi connectivity index (χ1n) is 9.86. The van der Waals surface area contributed by atoms with Gasteiger partial charge in [0, 0.05) is 31.3 Å². The molecular weight excluding hydrogens is 344 g/mol. The summed E-state index contributed by atoms with van der Waals surface area (Å²) in [5, 5.41) is 0. The molecule has 1 aromatic heterocycles. The van der Waals surface area contributed by atoms with Gasteiger partial charge in [-0.2, -0.15) is 0 Å². The van der Waals surface area contributed by atoms with E-state index >= 15 is 0 Å². The van der Waals surface area contributed by atoms with Crippen LogP contribution in [0.1, 0.15) is 78.1 Å². The Labute approximate surface area is 161 Å². The van der Waals surface area contributed by atoms with Crippen molar-refractivity contribution in [1.29, 1.82) is 0 Å². The van der Waals surface area contributed by atoms with E-state index in [0.717, 1.165) is 25.7 Å². The number of esters is 1. The van der Waals surface area contributed by atoms with E-state index in [2.05, 4.69) is 0 Å². The van der Waals surface area contributed by atoms with Gasteiger partial charge in [0.1, 0.15) is 5.69 Å². The van der Waals surface area contributed by atoms with E-state index < -0.39 is 12.0 Å². The second-order valence-corrected chi connectivity index (χ2v) is 7.54. The zero-order valence-electron chi connectivity index (χ0n) is 17.4. The maximum Gasteiger partial charge on any atom is 0.355 e. The molecule has 1 saturated carbocycles. The zero-order valence-corrected chi connectivity index (χ0v) is 17.4. The largest absolute Gasteiger partial charge is 0.461 e. The van der Waals surface area contributed by atoms with Crippen LogP contribution in [0.4, 0.5) is 0 Å². The molecule has 2 rings (SSSR count). The Hall–Kier alpha value is -2.11. The van der Waals surface area contributed by atoms with Crippen molar-refractivity contribution < 1.29 is 19.1 Å². The van der Waals surface area contributed by atoms with Gasteiger partial charge in [-0.25, -0.2) is 4.79 Å². The van der Waals surface area contributed by atoms with Gasteiger partial charge in [0.25, 0.3) is 0 Å². The van der Waals surface area contributed by atoms with Crippen LogP contribution in [-0.2, 0) is 16.6 Å². The smallest absolute Gasteiger partial charge is 0.355 e. The molecule has 6 heteroatoms. The second-order valence-electron chi connectivity index (χ2n) is 7.54. The summed E-state index contributed by atoms with van der Waals surface area (Å²) in [5.41, 5.74) is 2.23. The Balaban J connectivity index is 2.27. The van der Waals surface area contributed by atoms with E-state index in [0.29, 0.717) is 22.5 Å². The minimum atomic E-state index is -0.575. The van der Waals surface area contributed by atoms with Crippen molar-refractivity contribution in [1.82, 2.24) is 9.47 Å². The van der Waals surface area contributed by atoms with Crippen LogP contribution >= 0.6 is 0 Å². The summed E-state index contributed by atoms with van der Waals surface area (Å²) in [6.07, 6.45) is 5.14. The molecule has 0 bridgehead atoms. The van der Waals surface area contributed by atoms with Crippen molar-refractivity contribution in [2.24, 2.45) is 13.0 Å². The number of ketones is 1. The average Bonchev–Trinajstić information content (AvgIpc) is 2.89. The van der Waals surface area contributed by atoms with E-state index in [1.54, 1.807) is 44.3 Å². The predicted molar refractivity (Wildman–Crippen MR) is 104 cm³/mol. The zero-order chi connectivity index (χ0) is 20.3. The van der Waals surface area contributed by atoms with Gasteiger partial charge < -0.3 is 14.2 Å². The number of Topliss-reactive ketones (excluding diaryl/α,β-unsaturated/α-hetero) is 1. The molecule has 1 aliphatic carbocycles. The van der Waals surface area contributed by atoms with Gasteiger partial charge in [0.2, 0.25) is 5.91 Å². The molecule has 1 amide bonds. The van der Waals surface area contributed by atoms with E-state index in [1.807, 2.05) is 6.92 Å². The Morgan fingerprint density at radius 3 is 2.33 bits per heavy atom. The van der Waals surface area contributed by atoms with Crippen LogP contribution in [0.2, 0.25) is 0 Å². The Kier molecular flexibility index (Phi) is 6.84. The highest BCUT2D eigenvalue weighted by molar-refractivity contribution is 6.06. The number of aromatic nitrogens is 1. The minimum absolute atomic E-state index is 0.0204. The highest BCUT2D eigenvalue weighted by atomic mass is 16.5. The number of hydrogen-bond donors (Lipinski definition) is 0. The summed E-state index contributed by atoms with van der Waals surface area (Å²) >= 11 is 0. The lowest BCUT2D eigenvalue weighted by Gasteiger charge is -2.30. The van der Waals surface area contributed by atoms with Crippen molar-refractivity contribution in [3.8, 4) is 0 Å². The minimum Gasteiger partial charge on any atom is -0.461 e.